The van der Waals surface area contributed by atoms with Crippen LogP contribution in [0, 0.1) is 5.92 Å². The maximum absolute atomic E-state index is 12.4. The Hall–Kier alpha value is -1.49. The van der Waals surface area contributed by atoms with E-state index in [9.17, 15) is 9.59 Å². The summed E-state index contributed by atoms with van der Waals surface area (Å²) < 4.78 is 0. The normalized spacial score (nSPS) is 23.3. The van der Waals surface area contributed by atoms with Gasteiger partial charge in [0.1, 0.15) is 5.25 Å². The number of aliphatic carboxylic acids is 1. The highest BCUT2D eigenvalue weighted by atomic mass is 32.2. The molecule has 0 bridgehead atoms. The molecule has 1 aliphatic carbocycles. The summed E-state index contributed by atoms with van der Waals surface area (Å²) >= 11 is 1.52. The SMILES string of the molecule is CSC(C(=O)NC1CCC(C(=O)O)CC1)c1ccccc1. The number of carbonyl (C=O) groups excluding carboxylic acids is 1. The number of benzene rings is 1. The topological polar surface area (TPSA) is 66.4 Å². The number of carbonyl (C=O) groups is 2. The summed E-state index contributed by atoms with van der Waals surface area (Å²) in [5, 5.41) is 11.9. The largest absolute Gasteiger partial charge is 0.481 e. The third kappa shape index (κ3) is 4.24. The highest BCUT2D eigenvalue weighted by molar-refractivity contribution is 7.99. The highest BCUT2D eigenvalue weighted by Crippen LogP contribution is 2.29. The van der Waals surface area contributed by atoms with Crippen molar-refractivity contribution in [2.24, 2.45) is 5.92 Å². The van der Waals surface area contributed by atoms with Crippen LogP contribution in [0.3, 0.4) is 0 Å². The molecule has 1 atom stereocenters. The number of thioether (sulfide) groups is 1. The molecule has 1 aromatic rings. The molecule has 5 heteroatoms. The van der Waals surface area contributed by atoms with Crippen molar-refractivity contribution in [2.75, 3.05) is 6.26 Å². The average molecular weight is 307 g/mol. The van der Waals surface area contributed by atoms with Gasteiger partial charge in [0.15, 0.2) is 0 Å². The van der Waals surface area contributed by atoms with Gasteiger partial charge in [-0.05, 0) is 37.5 Å². The summed E-state index contributed by atoms with van der Waals surface area (Å²) in [6.45, 7) is 0. The molecule has 114 valence electrons. The van der Waals surface area contributed by atoms with E-state index in [0.29, 0.717) is 12.8 Å². The number of carboxylic acid groups (broad SMARTS) is 1. The molecule has 1 saturated carbocycles. The molecule has 4 nitrogen and oxygen atoms in total. The van der Waals surface area contributed by atoms with E-state index in [1.165, 1.54) is 11.8 Å². The van der Waals surface area contributed by atoms with E-state index < -0.39 is 5.97 Å². The molecular formula is C16H21NO3S. The van der Waals surface area contributed by atoms with Crippen molar-refractivity contribution in [1.82, 2.24) is 5.32 Å². The van der Waals surface area contributed by atoms with Gasteiger partial charge in [0.25, 0.3) is 0 Å². The molecule has 0 radical (unpaired) electrons. The first-order chi connectivity index (χ1) is 10.1. The average Bonchev–Trinajstić information content (AvgIpc) is 2.49. The summed E-state index contributed by atoms with van der Waals surface area (Å²) in [7, 11) is 0. The minimum atomic E-state index is -0.717. The van der Waals surface area contributed by atoms with Gasteiger partial charge in [0.2, 0.25) is 5.91 Å². The molecule has 1 aromatic carbocycles. The Labute approximate surface area is 129 Å². The fraction of sp³-hybridized carbons (Fsp3) is 0.500. The number of nitrogens with one attached hydrogen (secondary N) is 1. The predicted octanol–water partition coefficient (Wildman–Crippen LogP) is 2.85. The number of amides is 1. The smallest absolute Gasteiger partial charge is 0.306 e. The van der Waals surface area contributed by atoms with Crippen molar-refractivity contribution in [3.63, 3.8) is 0 Å². The quantitative estimate of drug-likeness (QED) is 0.878. The summed E-state index contributed by atoms with van der Waals surface area (Å²) in [6, 6.07) is 9.83. The number of carboxylic acids is 1. The first-order valence-corrected chi connectivity index (χ1v) is 8.51. The minimum absolute atomic E-state index is 0.0208. The van der Waals surface area contributed by atoms with Gasteiger partial charge in [-0.25, -0.2) is 0 Å². The van der Waals surface area contributed by atoms with Crippen LogP contribution in [0.25, 0.3) is 0 Å². The zero-order valence-electron chi connectivity index (χ0n) is 12.1. The minimum Gasteiger partial charge on any atom is -0.481 e. The van der Waals surface area contributed by atoms with E-state index in [2.05, 4.69) is 5.32 Å². The Morgan fingerprint density at radius 1 is 1.19 bits per heavy atom. The van der Waals surface area contributed by atoms with E-state index in [4.69, 9.17) is 5.11 Å². The van der Waals surface area contributed by atoms with Crippen molar-refractivity contribution in [3.05, 3.63) is 35.9 Å². The summed E-state index contributed by atoms with van der Waals surface area (Å²) in [5.41, 5.74) is 1.00. The van der Waals surface area contributed by atoms with Crippen LogP contribution in [-0.4, -0.2) is 29.3 Å². The molecule has 0 saturated heterocycles. The fourth-order valence-electron chi connectivity index (χ4n) is 2.78. The van der Waals surface area contributed by atoms with Gasteiger partial charge in [0.05, 0.1) is 5.92 Å². The monoisotopic (exact) mass is 307 g/mol. The van der Waals surface area contributed by atoms with Crippen molar-refractivity contribution >= 4 is 23.6 Å². The lowest BCUT2D eigenvalue weighted by Gasteiger charge is -2.28. The molecule has 0 spiro atoms. The van der Waals surface area contributed by atoms with E-state index in [1.807, 2.05) is 36.6 Å². The first kappa shape index (κ1) is 15.9. The number of hydrogen-bond donors (Lipinski definition) is 2. The molecule has 1 fully saturated rings. The third-order valence-corrected chi connectivity index (χ3v) is 4.96. The van der Waals surface area contributed by atoms with E-state index in [0.717, 1.165) is 18.4 Å². The van der Waals surface area contributed by atoms with E-state index >= 15 is 0 Å². The zero-order valence-corrected chi connectivity index (χ0v) is 12.9. The molecule has 1 aliphatic rings. The standard InChI is InChI=1S/C16H21NO3S/c1-21-14(11-5-3-2-4-6-11)15(18)17-13-9-7-12(8-10-13)16(19)20/h2-6,12-14H,7-10H2,1H3,(H,17,18)(H,19,20). The Kier molecular flexibility index (Phi) is 5.67. The van der Waals surface area contributed by atoms with Crippen LogP contribution in [-0.2, 0) is 9.59 Å². The number of hydrogen-bond acceptors (Lipinski definition) is 3. The molecule has 1 amide bonds. The van der Waals surface area contributed by atoms with E-state index in [-0.39, 0.29) is 23.1 Å². The van der Waals surface area contributed by atoms with Crippen LogP contribution in [0.2, 0.25) is 0 Å². The number of rotatable bonds is 5. The predicted molar refractivity (Wildman–Crippen MR) is 84.2 cm³/mol. The molecule has 0 aromatic heterocycles. The molecule has 2 rings (SSSR count). The lowest BCUT2D eigenvalue weighted by Crippen LogP contribution is -2.40. The Bertz CT molecular complexity index is 484. The van der Waals surface area contributed by atoms with Crippen LogP contribution in [0.1, 0.15) is 36.5 Å². The van der Waals surface area contributed by atoms with Gasteiger partial charge in [-0.2, -0.15) is 0 Å². The molecule has 2 N–H and O–H groups in total. The Morgan fingerprint density at radius 3 is 2.33 bits per heavy atom. The van der Waals surface area contributed by atoms with Crippen LogP contribution < -0.4 is 5.32 Å². The second-order valence-electron chi connectivity index (χ2n) is 5.42. The second kappa shape index (κ2) is 7.50. The molecule has 0 heterocycles. The highest BCUT2D eigenvalue weighted by Gasteiger charge is 2.28. The van der Waals surface area contributed by atoms with Gasteiger partial charge < -0.3 is 10.4 Å². The maximum Gasteiger partial charge on any atom is 0.306 e. The van der Waals surface area contributed by atoms with Crippen LogP contribution in [0.4, 0.5) is 0 Å². The van der Waals surface area contributed by atoms with Crippen LogP contribution >= 0.6 is 11.8 Å². The van der Waals surface area contributed by atoms with Gasteiger partial charge in [-0.1, -0.05) is 30.3 Å². The lowest BCUT2D eigenvalue weighted by atomic mass is 9.86. The summed E-state index contributed by atoms with van der Waals surface area (Å²) in [6.07, 6.45) is 4.72. The van der Waals surface area contributed by atoms with Gasteiger partial charge in [0, 0.05) is 6.04 Å². The van der Waals surface area contributed by atoms with Crippen molar-refractivity contribution < 1.29 is 14.7 Å². The van der Waals surface area contributed by atoms with Crippen LogP contribution in [0.15, 0.2) is 30.3 Å². The second-order valence-corrected chi connectivity index (χ2v) is 6.36. The zero-order chi connectivity index (χ0) is 15.2. The molecule has 0 aliphatic heterocycles. The van der Waals surface area contributed by atoms with Crippen molar-refractivity contribution in [1.29, 1.82) is 0 Å². The van der Waals surface area contributed by atoms with Gasteiger partial charge >= 0.3 is 5.97 Å². The Balaban J connectivity index is 1.91. The van der Waals surface area contributed by atoms with Crippen molar-refractivity contribution in [2.45, 2.75) is 37.0 Å². The molecular weight excluding hydrogens is 286 g/mol. The van der Waals surface area contributed by atoms with E-state index in [1.54, 1.807) is 0 Å². The molecule has 21 heavy (non-hydrogen) atoms. The lowest BCUT2D eigenvalue weighted by molar-refractivity contribution is -0.142. The fourth-order valence-corrected chi connectivity index (χ4v) is 3.50. The van der Waals surface area contributed by atoms with Crippen LogP contribution in [0.5, 0.6) is 0 Å². The summed E-state index contributed by atoms with van der Waals surface area (Å²) in [4.78, 5) is 23.3. The Morgan fingerprint density at radius 2 is 1.81 bits per heavy atom. The first-order valence-electron chi connectivity index (χ1n) is 7.22. The van der Waals surface area contributed by atoms with Gasteiger partial charge in [-0.15, -0.1) is 11.8 Å². The van der Waals surface area contributed by atoms with Crippen molar-refractivity contribution in [3.8, 4) is 0 Å². The third-order valence-electron chi connectivity index (χ3n) is 4.00. The molecule has 1 unspecified atom stereocenters. The summed E-state index contributed by atoms with van der Waals surface area (Å²) in [5.74, 6) is -0.942. The van der Waals surface area contributed by atoms with Gasteiger partial charge in [-0.3, -0.25) is 9.59 Å². The maximum atomic E-state index is 12.4.